The standard InChI is InChI=1S/C28H29F3O/c1-3-19-6-14-24(26(29)16-19)20-9-12-23(13-10-20)32-17-22-11-15-25(28(31)27(22)30)21-7-4-18(2)5-8-21/h4-8,11,14-16,20,23H,3,9-10,12-13,17H2,1-2H3. The third-order valence-electron chi connectivity index (χ3n) is 6.59. The Kier molecular flexibility index (Phi) is 7.00. The van der Waals surface area contributed by atoms with E-state index in [9.17, 15) is 13.2 Å². The number of halogens is 3. The zero-order valence-corrected chi connectivity index (χ0v) is 18.6. The van der Waals surface area contributed by atoms with Gasteiger partial charge in [-0.25, -0.2) is 13.2 Å². The number of rotatable bonds is 6. The first-order valence-electron chi connectivity index (χ1n) is 11.4. The van der Waals surface area contributed by atoms with E-state index in [1.807, 2.05) is 38.1 Å². The van der Waals surface area contributed by atoms with Gasteiger partial charge in [-0.3, -0.25) is 0 Å². The minimum absolute atomic E-state index is 0.0246. The smallest absolute Gasteiger partial charge is 0.167 e. The van der Waals surface area contributed by atoms with E-state index in [1.165, 1.54) is 0 Å². The Hall–Kier alpha value is -2.59. The van der Waals surface area contributed by atoms with Crippen LogP contribution in [0.3, 0.4) is 0 Å². The summed E-state index contributed by atoms with van der Waals surface area (Å²) in [6.07, 6.45) is 4.02. The van der Waals surface area contributed by atoms with E-state index in [1.54, 1.807) is 30.3 Å². The Morgan fingerprint density at radius 2 is 1.56 bits per heavy atom. The number of hydrogen-bond donors (Lipinski definition) is 0. The second kappa shape index (κ2) is 9.91. The first kappa shape index (κ1) is 22.6. The number of aryl methyl sites for hydroxylation is 2. The third kappa shape index (κ3) is 4.91. The average Bonchev–Trinajstić information content (AvgIpc) is 2.81. The Balaban J connectivity index is 1.36. The van der Waals surface area contributed by atoms with Crippen molar-refractivity contribution in [1.29, 1.82) is 0 Å². The maximum absolute atomic E-state index is 14.7. The molecule has 0 aromatic heterocycles. The van der Waals surface area contributed by atoms with Crippen LogP contribution in [0.4, 0.5) is 13.2 Å². The van der Waals surface area contributed by atoms with Crippen molar-refractivity contribution in [2.75, 3.05) is 0 Å². The van der Waals surface area contributed by atoms with E-state index in [0.717, 1.165) is 48.8 Å². The molecule has 0 bridgehead atoms. The summed E-state index contributed by atoms with van der Waals surface area (Å²) < 4.78 is 49.7. The molecular weight excluding hydrogens is 409 g/mol. The van der Waals surface area contributed by atoms with Gasteiger partial charge in [0, 0.05) is 11.1 Å². The molecule has 0 amide bonds. The van der Waals surface area contributed by atoms with Crippen LogP contribution in [0.5, 0.6) is 0 Å². The van der Waals surface area contributed by atoms with Gasteiger partial charge in [-0.05, 0) is 67.7 Å². The van der Waals surface area contributed by atoms with Crippen LogP contribution in [-0.2, 0) is 17.8 Å². The highest BCUT2D eigenvalue weighted by Gasteiger charge is 2.25. The van der Waals surface area contributed by atoms with Crippen molar-refractivity contribution >= 4 is 0 Å². The lowest BCUT2D eigenvalue weighted by Crippen LogP contribution is -2.21. The lowest BCUT2D eigenvalue weighted by atomic mass is 9.82. The molecule has 1 aliphatic carbocycles. The van der Waals surface area contributed by atoms with Crippen molar-refractivity contribution in [3.63, 3.8) is 0 Å². The molecule has 32 heavy (non-hydrogen) atoms. The van der Waals surface area contributed by atoms with Crippen LogP contribution in [0.15, 0.2) is 54.6 Å². The quantitative estimate of drug-likeness (QED) is 0.380. The largest absolute Gasteiger partial charge is 0.373 e. The summed E-state index contributed by atoms with van der Waals surface area (Å²) in [4.78, 5) is 0. The van der Waals surface area contributed by atoms with Crippen LogP contribution >= 0.6 is 0 Å². The highest BCUT2D eigenvalue weighted by atomic mass is 19.2. The summed E-state index contributed by atoms with van der Waals surface area (Å²) in [5, 5.41) is 0. The summed E-state index contributed by atoms with van der Waals surface area (Å²) in [6, 6.07) is 16.1. The van der Waals surface area contributed by atoms with Gasteiger partial charge < -0.3 is 4.74 Å². The minimum Gasteiger partial charge on any atom is -0.373 e. The van der Waals surface area contributed by atoms with Gasteiger partial charge in [-0.2, -0.15) is 0 Å². The van der Waals surface area contributed by atoms with Crippen molar-refractivity contribution in [2.45, 2.75) is 64.6 Å². The van der Waals surface area contributed by atoms with Gasteiger partial charge in [-0.15, -0.1) is 0 Å². The van der Waals surface area contributed by atoms with Crippen molar-refractivity contribution in [2.24, 2.45) is 0 Å². The summed E-state index contributed by atoms with van der Waals surface area (Å²) in [5.74, 6) is -1.64. The van der Waals surface area contributed by atoms with Gasteiger partial charge in [-0.1, -0.05) is 61.0 Å². The molecule has 0 heterocycles. The fourth-order valence-corrected chi connectivity index (χ4v) is 4.53. The first-order valence-corrected chi connectivity index (χ1v) is 11.4. The van der Waals surface area contributed by atoms with Gasteiger partial charge in [0.2, 0.25) is 0 Å². The topological polar surface area (TPSA) is 9.23 Å². The molecule has 1 saturated carbocycles. The molecule has 0 aliphatic heterocycles. The van der Waals surface area contributed by atoms with Crippen LogP contribution in [0, 0.1) is 24.4 Å². The van der Waals surface area contributed by atoms with E-state index in [4.69, 9.17) is 4.74 Å². The Bertz CT molecular complexity index is 1070. The fraction of sp³-hybridized carbons (Fsp3) is 0.357. The fourth-order valence-electron chi connectivity index (χ4n) is 4.53. The van der Waals surface area contributed by atoms with Crippen molar-refractivity contribution in [1.82, 2.24) is 0 Å². The molecule has 4 rings (SSSR count). The van der Waals surface area contributed by atoms with Gasteiger partial charge in [0.25, 0.3) is 0 Å². The third-order valence-corrected chi connectivity index (χ3v) is 6.59. The maximum atomic E-state index is 14.7. The molecule has 3 aromatic carbocycles. The lowest BCUT2D eigenvalue weighted by molar-refractivity contribution is 0.0117. The molecule has 0 saturated heterocycles. The second-order valence-corrected chi connectivity index (χ2v) is 8.76. The Morgan fingerprint density at radius 1 is 0.844 bits per heavy atom. The second-order valence-electron chi connectivity index (χ2n) is 8.76. The predicted molar refractivity (Wildman–Crippen MR) is 122 cm³/mol. The summed E-state index contributed by atoms with van der Waals surface area (Å²) >= 11 is 0. The number of benzene rings is 3. The first-order chi connectivity index (χ1) is 15.5. The molecule has 1 nitrogen and oxygen atoms in total. The summed E-state index contributed by atoms with van der Waals surface area (Å²) in [7, 11) is 0. The van der Waals surface area contributed by atoms with Gasteiger partial charge in [0.05, 0.1) is 12.7 Å². The lowest BCUT2D eigenvalue weighted by Gasteiger charge is -2.29. The molecule has 168 valence electrons. The van der Waals surface area contributed by atoms with E-state index >= 15 is 0 Å². The van der Waals surface area contributed by atoms with E-state index in [-0.39, 0.29) is 35.6 Å². The molecule has 0 spiro atoms. The van der Waals surface area contributed by atoms with Gasteiger partial charge in [0.1, 0.15) is 5.82 Å². The number of hydrogen-bond acceptors (Lipinski definition) is 1. The minimum atomic E-state index is -0.852. The molecule has 1 aliphatic rings. The zero-order valence-electron chi connectivity index (χ0n) is 18.6. The molecule has 0 N–H and O–H groups in total. The highest BCUT2D eigenvalue weighted by molar-refractivity contribution is 5.65. The Labute approximate surface area is 188 Å². The van der Waals surface area contributed by atoms with Crippen LogP contribution in [0.1, 0.15) is 60.8 Å². The van der Waals surface area contributed by atoms with Crippen molar-refractivity contribution < 1.29 is 17.9 Å². The summed E-state index contributed by atoms with van der Waals surface area (Å²) in [6.45, 7) is 4.00. The van der Waals surface area contributed by atoms with E-state index in [0.29, 0.717) is 5.56 Å². The van der Waals surface area contributed by atoms with Crippen LogP contribution < -0.4 is 0 Å². The maximum Gasteiger partial charge on any atom is 0.167 e. The van der Waals surface area contributed by atoms with Crippen molar-refractivity contribution in [3.05, 3.63) is 94.3 Å². The highest BCUT2D eigenvalue weighted by Crippen LogP contribution is 2.36. The average molecular weight is 439 g/mol. The molecule has 4 heteroatoms. The van der Waals surface area contributed by atoms with Gasteiger partial charge >= 0.3 is 0 Å². The van der Waals surface area contributed by atoms with Crippen molar-refractivity contribution in [3.8, 4) is 11.1 Å². The molecule has 1 fully saturated rings. The van der Waals surface area contributed by atoms with Crippen LogP contribution in [0.25, 0.3) is 11.1 Å². The van der Waals surface area contributed by atoms with Crippen LogP contribution in [0.2, 0.25) is 0 Å². The molecule has 0 radical (unpaired) electrons. The number of ether oxygens (including phenoxy) is 1. The molecule has 0 atom stereocenters. The van der Waals surface area contributed by atoms with Crippen LogP contribution in [-0.4, -0.2) is 6.10 Å². The van der Waals surface area contributed by atoms with Gasteiger partial charge in [0.15, 0.2) is 11.6 Å². The molecule has 0 unspecified atom stereocenters. The normalized spacial score (nSPS) is 18.7. The zero-order chi connectivity index (χ0) is 22.7. The SMILES string of the molecule is CCc1ccc(C2CCC(OCc3ccc(-c4ccc(C)cc4)c(F)c3F)CC2)c(F)c1. The predicted octanol–water partition coefficient (Wildman–Crippen LogP) is 7.88. The van der Waals surface area contributed by atoms with E-state index < -0.39 is 11.6 Å². The molecular formula is C28H29F3O. The monoisotopic (exact) mass is 438 g/mol. The van der Waals surface area contributed by atoms with E-state index in [2.05, 4.69) is 0 Å². The molecule has 3 aromatic rings. The Morgan fingerprint density at radius 3 is 2.22 bits per heavy atom. The summed E-state index contributed by atoms with van der Waals surface area (Å²) in [5.41, 5.74) is 3.98.